The molecule has 1 N–H and O–H groups in total. The van der Waals surface area contributed by atoms with Crippen LogP contribution >= 0.6 is 38.9 Å². The number of hydrogen-bond acceptors (Lipinski definition) is 5. The smallest absolute Gasteiger partial charge is 0.415 e. The van der Waals surface area contributed by atoms with Gasteiger partial charge in [-0.3, -0.25) is 9.69 Å². The quantitative estimate of drug-likeness (QED) is 0.786. The van der Waals surface area contributed by atoms with E-state index in [0.717, 1.165) is 4.47 Å². The molecule has 1 saturated heterocycles. The number of ether oxygens (including phenoxy) is 2. The zero-order valence-corrected chi connectivity index (χ0v) is 15.9. The van der Waals surface area contributed by atoms with Crippen LogP contribution in [0.4, 0.5) is 10.5 Å². The molecule has 2 aliphatic heterocycles. The monoisotopic (exact) mass is 442 g/mol. The first-order valence-corrected chi connectivity index (χ1v) is 9.47. The third-order valence-corrected chi connectivity index (χ3v) is 5.78. The summed E-state index contributed by atoms with van der Waals surface area (Å²) >= 11 is 10.4. The number of nitrogens with one attached hydrogen (secondary N) is 1. The largest absolute Gasteiger partial charge is 0.489 e. The molecule has 9 heteroatoms. The van der Waals surface area contributed by atoms with Crippen LogP contribution in [0.5, 0.6) is 5.75 Å². The van der Waals surface area contributed by atoms with Crippen molar-refractivity contribution in [3.8, 4) is 5.75 Å². The van der Waals surface area contributed by atoms with Crippen molar-refractivity contribution in [1.82, 2.24) is 5.32 Å². The van der Waals surface area contributed by atoms with E-state index in [4.69, 9.17) is 21.1 Å². The third kappa shape index (κ3) is 3.09. The first kappa shape index (κ1) is 16.7. The number of thiophene rings is 1. The van der Waals surface area contributed by atoms with Gasteiger partial charge in [-0.05, 0) is 30.3 Å². The van der Waals surface area contributed by atoms with E-state index in [0.29, 0.717) is 27.3 Å². The van der Waals surface area contributed by atoms with Crippen LogP contribution in [0, 0.1) is 0 Å². The molecule has 2 atom stereocenters. The molecule has 4 rings (SSSR count). The summed E-state index contributed by atoms with van der Waals surface area (Å²) in [6.07, 6.45) is -0.918. The topological polar surface area (TPSA) is 67.9 Å². The average molecular weight is 444 g/mol. The molecule has 3 heterocycles. The van der Waals surface area contributed by atoms with Gasteiger partial charge in [-0.1, -0.05) is 27.5 Å². The molecule has 2 amide bonds. The number of rotatable bonds is 3. The van der Waals surface area contributed by atoms with Crippen molar-refractivity contribution in [2.75, 3.05) is 18.1 Å². The Balaban J connectivity index is 1.48. The molecule has 130 valence electrons. The number of amides is 2. The summed E-state index contributed by atoms with van der Waals surface area (Å²) in [6, 6.07) is 8.51. The van der Waals surface area contributed by atoms with Crippen LogP contribution in [0.3, 0.4) is 0 Å². The highest BCUT2D eigenvalue weighted by molar-refractivity contribution is 9.10. The number of hydrogen-bond donors (Lipinski definition) is 1. The first-order chi connectivity index (χ1) is 12.0. The van der Waals surface area contributed by atoms with Crippen LogP contribution in [-0.4, -0.2) is 37.3 Å². The Morgan fingerprint density at radius 2 is 2.24 bits per heavy atom. The molecule has 0 radical (unpaired) electrons. The third-order valence-electron chi connectivity index (χ3n) is 4.06. The second-order valence-electron chi connectivity index (χ2n) is 5.60. The Kier molecular flexibility index (Phi) is 4.35. The summed E-state index contributed by atoms with van der Waals surface area (Å²) in [7, 11) is 0. The fourth-order valence-electron chi connectivity index (χ4n) is 2.90. The van der Waals surface area contributed by atoms with Gasteiger partial charge in [0.1, 0.15) is 24.5 Å². The molecule has 0 saturated carbocycles. The van der Waals surface area contributed by atoms with E-state index in [2.05, 4.69) is 21.2 Å². The van der Waals surface area contributed by atoms with E-state index < -0.39 is 12.2 Å². The van der Waals surface area contributed by atoms with Gasteiger partial charge in [-0.25, -0.2) is 4.79 Å². The molecule has 0 spiro atoms. The molecule has 25 heavy (non-hydrogen) atoms. The second kappa shape index (κ2) is 6.51. The van der Waals surface area contributed by atoms with Gasteiger partial charge in [0.2, 0.25) is 0 Å². The highest BCUT2D eigenvalue weighted by Gasteiger charge is 2.46. The highest BCUT2D eigenvalue weighted by Crippen LogP contribution is 2.40. The van der Waals surface area contributed by atoms with Gasteiger partial charge in [-0.2, -0.15) is 0 Å². The molecule has 0 unspecified atom stereocenters. The number of nitrogens with zero attached hydrogens (tertiary/aromatic N) is 1. The standard InChI is InChI=1S/C16H12BrClN2O4S/c17-8-1-2-9-11(5-8)23-7-10-12(24-16(22)20(9)10)6-19-15(21)13-3-4-14(18)25-13/h1-5,10,12H,6-7H2,(H,19,21)/t10-,12-/m0/s1. The van der Waals surface area contributed by atoms with E-state index in [1.165, 1.54) is 11.3 Å². The second-order valence-corrected chi connectivity index (χ2v) is 8.23. The van der Waals surface area contributed by atoms with Crippen LogP contribution in [0.15, 0.2) is 34.8 Å². The lowest BCUT2D eigenvalue weighted by Crippen LogP contribution is -2.47. The van der Waals surface area contributed by atoms with Gasteiger partial charge in [0.05, 0.1) is 21.4 Å². The van der Waals surface area contributed by atoms with Gasteiger partial charge in [0, 0.05) is 4.47 Å². The van der Waals surface area contributed by atoms with Crippen LogP contribution in [-0.2, 0) is 4.74 Å². The molecular weight excluding hydrogens is 432 g/mol. The van der Waals surface area contributed by atoms with Crippen LogP contribution < -0.4 is 15.0 Å². The number of carbonyl (C=O) groups is 2. The lowest BCUT2D eigenvalue weighted by atomic mass is 10.1. The summed E-state index contributed by atoms with van der Waals surface area (Å²) in [5.41, 5.74) is 0.670. The SMILES string of the molecule is O=C(NC[C@@H]1OC(=O)N2c3ccc(Br)cc3OC[C@@H]12)c1ccc(Cl)s1. The normalized spacial score (nSPS) is 21.2. The summed E-state index contributed by atoms with van der Waals surface area (Å²) in [4.78, 5) is 26.5. The Morgan fingerprint density at radius 3 is 3.00 bits per heavy atom. The van der Waals surface area contributed by atoms with Crippen LogP contribution in [0.25, 0.3) is 0 Å². The van der Waals surface area contributed by atoms with Gasteiger partial charge < -0.3 is 14.8 Å². The lowest BCUT2D eigenvalue weighted by molar-refractivity contribution is 0.0890. The molecule has 2 aromatic rings. The molecule has 2 aliphatic rings. The van der Waals surface area contributed by atoms with Crippen molar-refractivity contribution < 1.29 is 19.1 Å². The van der Waals surface area contributed by atoms with Crippen molar-refractivity contribution in [3.05, 3.63) is 44.0 Å². The van der Waals surface area contributed by atoms with Crippen molar-refractivity contribution in [2.24, 2.45) is 0 Å². The van der Waals surface area contributed by atoms with Crippen molar-refractivity contribution in [2.45, 2.75) is 12.1 Å². The van der Waals surface area contributed by atoms with E-state index >= 15 is 0 Å². The van der Waals surface area contributed by atoms with Crippen LogP contribution in [0.1, 0.15) is 9.67 Å². The van der Waals surface area contributed by atoms with Crippen molar-refractivity contribution in [1.29, 1.82) is 0 Å². The Hall–Kier alpha value is -1.77. The molecule has 0 bridgehead atoms. The first-order valence-electron chi connectivity index (χ1n) is 7.48. The zero-order chi connectivity index (χ0) is 17.6. The summed E-state index contributed by atoms with van der Waals surface area (Å²) in [5, 5.41) is 2.79. The number of fused-ring (bicyclic) bond motifs is 3. The summed E-state index contributed by atoms with van der Waals surface area (Å²) < 4.78 is 12.6. The van der Waals surface area contributed by atoms with E-state index in [-0.39, 0.29) is 18.5 Å². The lowest BCUT2D eigenvalue weighted by Gasteiger charge is -2.31. The maximum absolute atomic E-state index is 12.3. The zero-order valence-electron chi connectivity index (χ0n) is 12.7. The van der Waals surface area contributed by atoms with Gasteiger partial charge in [0.15, 0.2) is 0 Å². The predicted molar refractivity (Wildman–Crippen MR) is 97.8 cm³/mol. The van der Waals surface area contributed by atoms with Gasteiger partial charge in [0.25, 0.3) is 5.91 Å². The Bertz CT molecular complexity index is 858. The van der Waals surface area contributed by atoms with Crippen molar-refractivity contribution >= 4 is 56.6 Å². The molecule has 0 aliphatic carbocycles. The maximum atomic E-state index is 12.3. The number of cyclic esters (lactones) is 1. The molecular formula is C16H12BrClN2O4S. The minimum atomic E-state index is -0.483. The Morgan fingerprint density at radius 1 is 1.40 bits per heavy atom. The minimum Gasteiger partial charge on any atom is -0.489 e. The van der Waals surface area contributed by atoms with E-state index in [9.17, 15) is 9.59 Å². The van der Waals surface area contributed by atoms with Gasteiger partial charge >= 0.3 is 6.09 Å². The molecule has 1 aromatic carbocycles. The van der Waals surface area contributed by atoms with E-state index in [1.54, 1.807) is 23.1 Å². The van der Waals surface area contributed by atoms with Crippen LogP contribution in [0.2, 0.25) is 4.34 Å². The minimum absolute atomic E-state index is 0.205. The summed E-state index contributed by atoms with van der Waals surface area (Å²) in [6.45, 7) is 0.511. The summed E-state index contributed by atoms with van der Waals surface area (Å²) in [5.74, 6) is 0.382. The molecule has 1 fully saturated rings. The molecule has 6 nitrogen and oxygen atoms in total. The number of benzene rings is 1. The number of halogens is 2. The van der Waals surface area contributed by atoms with Gasteiger partial charge in [-0.15, -0.1) is 11.3 Å². The number of anilines is 1. The van der Waals surface area contributed by atoms with Crippen molar-refractivity contribution in [3.63, 3.8) is 0 Å². The number of carbonyl (C=O) groups excluding carboxylic acids is 2. The highest BCUT2D eigenvalue weighted by atomic mass is 79.9. The average Bonchev–Trinajstić information content (AvgIpc) is 3.16. The van der Waals surface area contributed by atoms with E-state index in [1.807, 2.05) is 12.1 Å². The maximum Gasteiger partial charge on any atom is 0.415 e. The molecule has 1 aromatic heterocycles. The Labute approximate surface area is 160 Å². The predicted octanol–water partition coefficient (Wildman–Crippen LogP) is 3.68. The fraction of sp³-hybridized carbons (Fsp3) is 0.250. The fourth-order valence-corrected chi connectivity index (χ4v) is 4.20.